The molecule has 1 N–H and O–H groups in total. The minimum Gasteiger partial charge on any atom is -0.489 e. The number of ether oxygens (including phenoxy) is 2. The van der Waals surface area contributed by atoms with Crippen LogP contribution in [0.3, 0.4) is 0 Å². The van der Waals surface area contributed by atoms with Crippen LogP contribution in [0, 0.1) is 5.82 Å². The number of nitrogens with one attached hydrogen (secondary N) is 1. The number of fused-ring (bicyclic) bond motifs is 1. The van der Waals surface area contributed by atoms with E-state index in [9.17, 15) is 4.39 Å². The molecule has 0 aromatic heterocycles. The Balaban J connectivity index is 1.39. The predicted molar refractivity (Wildman–Crippen MR) is 100 cm³/mol. The zero-order chi connectivity index (χ0) is 17.9. The highest BCUT2D eigenvalue weighted by molar-refractivity contribution is 6.32. The molecule has 2 aliphatic rings. The van der Waals surface area contributed by atoms with Gasteiger partial charge in [0.05, 0.1) is 44.4 Å². The van der Waals surface area contributed by atoms with Gasteiger partial charge in [-0.15, -0.1) is 0 Å². The molecule has 4 rings (SSSR count). The lowest BCUT2D eigenvalue weighted by molar-refractivity contribution is -0.914. The zero-order valence-corrected chi connectivity index (χ0v) is 15.4. The molecular formula is C20H23ClFN2O2+. The fraction of sp³-hybridized carbons (Fsp3) is 0.400. The minimum absolute atomic E-state index is 0.190. The number of hydrogen-bond donors (Lipinski definition) is 1. The summed E-state index contributed by atoms with van der Waals surface area (Å²) in [7, 11) is 0. The van der Waals surface area contributed by atoms with Gasteiger partial charge in [-0.1, -0.05) is 11.6 Å². The highest BCUT2D eigenvalue weighted by Crippen LogP contribution is 2.37. The molecule has 2 aromatic rings. The van der Waals surface area contributed by atoms with Crippen LogP contribution in [0.2, 0.25) is 5.02 Å². The number of rotatable bonds is 3. The topological polar surface area (TPSA) is 26.1 Å². The van der Waals surface area contributed by atoms with Crippen LogP contribution in [0.5, 0.6) is 11.5 Å². The molecule has 2 aromatic carbocycles. The maximum atomic E-state index is 13.1. The van der Waals surface area contributed by atoms with Crippen molar-refractivity contribution >= 4 is 17.3 Å². The maximum absolute atomic E-state index is 13.1. The van der Waals surface area contributed by atoms with Gasteiger partial charge in [-0.05, 0) is 36.4 Å². The molecule has 0 amide bonds. The Labute approximate surface area is 158 Å². The Hall–Kier alpha value is -1.98. The molecule has 1 saturated heterocycles. The van der Waals surface area contributed by atoms with Crippen molar-refractivity contribution in [1.29, 1.82) is 0 Å². The summed E-state index contributed by atoms with van der Waals surface area (Å²) in [4.78, 5) is 3.82. The fourth-order valence-electron chi connectivity index (χ4n) is 3.58. The van der Waals surface area contributed by atoms with Crippen LogP contribution in [-0.4, -0.2) is 39.4 Å². The molecule has 6 heteroatoms. The van der Waals surface area contributed by atoms with E-state index in [4.69, 9.17) is 21.1 Å². The van der Waals surface area contributed by atoms with E-state index in [1.54, 1.807) is 0 Å². The minimum atomic E-state index is -0.190. The van der Waals surface area contributed by atoms with E-state index >= 15 is 0 Å². The Kier molecular flexibility index (Phi) is 5.18. The van der Waals surface area contributed by atoms with Crippen molar-refractivity contribution < 1.29 is 18.8 Å². The number of nitrogens with zero attached hydrogens (tertiary/aromatic N) is 1. The molecule has 2 aliphatic heterocycles. The molecule has 26 heavy (non-hydrogen) atoms. The smallest absolute Gasteiger partial charge is 0.179 e. The van der Waals surface area contributed by atoms with Gasteiger partial charge in [0.15, 0.2) is 11.5 Å². The van der Waals surface area contributed by atoms with Crippen molar-refractivity contribution in [2.45, 2.75) is 13.0 Å². The molecule has 0 atom stereocenters. The molecule has 0 saturated carbocycles. The molecular weight excluding hydrogens is 355 g/mol. The Morgan fingerprint density at radius 1 is 1.04 bits per heavy atom. The average Bonchev–Trinajstić information content (AvgIpc) is 2.89. The lowest BCUT2D eigenvalue weighted by Gasteiger charge is -2.33. The number of hydrogen-bond acceptors (Lipinski definition) is 3. The fourth-order valence-corrected chi connectivity index (χ4v) is 3.87. The Bertz CT molecular complexity index is 761. The third-order valence-electron chi connectivity index (χ3n) is 4.98. The number of quaternary nitrogens is 1. The molecule has 0 spiro atoms. The monoisotopic (exact) mass is 377 g/mol. The second-order valence-electron chi connectivity index (χ2n) is 6.85. The molecule has 138 valence electrons. The number of piperazine rings is 1. The van der Waals surface area contributed by atoms with Gasteiger partial charge in [0.25, 0.3) is 0 Å². The Morgan fingerprint density at radius 3 is 2.54 bits per heavy atom. The standard InChI is InChI=1S/C20H22ClFN2O2/c21-18-12-15(13-19-20(18)26-11-1-10-25-19)14-23-6-8-24(9-7-23)17-4-2-16(22)3-5-17/h2-5,12-13H,1,6-11,14H2/p+1. The first-order chi connectivity index (χ1) is 12.7. The summed E-state index contributed by atoms with van der Waals surface area (Å²) in [5.41, 5.74) is 2.26. The average molecular weight is 378 g/mol. The van der Waals surface area contributed by atoms with Gasteiger partial charge in [-0.3, -0.25) is 0 Å². The van der Waals surface area contributed by atoms with Crippen LogP contribution >= 0.6 is 11.6 Å². The van der Waals surface area contributed by atoms with Crippen LogP contribution in [0.4, 0.5) is 10.1 Å². The normalized spacial score (nSPS) is 17.8. The van der Waals surface area contributed by atoms with Gasteiger partial charge in [0.1, 0.15) is 12.4 Å². The van der Waals surface area contributed by atoms with Crippen molar-refractivity contribution in [3.8, 4) is 11.5 Å². The number of benzene rings is 2. The molecule has 0 bridgehead atoms. The largest absolute Gasteiger partial charge is 0.489 e. The quantitative estimate of drug-likeness (QED) is 0.890. The van der Waals surface area contributed by atoms with E-state index in [1.165, 1.54) is 22.6 Å². The molecule has 1 fully saturated rings. The summed E-state index contributed by atoms with van der Waals surface area (Å²) in [6.45, 7) is 6.19. The zero-order valence-electron chi connectivity index (χ0n) is 14.6. The van der Waals surface area contributed by atoms with Crippen molar-refractivity contribution in [1.82, 2.24) is 0 Å². The van der Waals surface area contributed by atoms with Crippen molar-refractivity contribution in [2.75, 3.05) is 44.3 Å². The van der Waals surface area contributed by atoms with E-state index < -0.39 is 0 Å². The van der Waals surface area contributed by atoms with E-state index in [0.717, 1.165) is 50.6 Å². The van der Waals surface area contributed by atoms with E-state index in [2.05, 4.69) is 11.0 Å². The third kappa shape index (κ3) is 3.89. The second kappa shape index (κ2) is 7.72. The van der Waals surface area contributed by atoms with Gasteiger partial charge in [0.2, 0.25) is 0 Å². The van der Waals surface area contributed by atoms with Crippen molar-refractivity contribution in [3.05, 3.63) is 52.8 Å². The highest BCUT2D eigenvalue weighted by Gasteiger charge is 2.22. The molecule has 0 radical (unpaired) electrons. The van der Waals surface area contributed by atoms with E-state index in [1.807, 2.05) is 18.2 Å². The predicted octanol–water partition coefficient (Wildman–Crippen LogP) is 2.55. The van der Waals surface area contributed by atoms with Gasteiger partial charge >= 0.3 is 0 Å². The van der Waals surface area contributed by atoms with Crippen LogP contribution < -0.4 is 19.3 Å². The summed E-state index contributed by atoms with van der Waals surface area (Å²) in [6.07, 6.45) is 0.872. The first-order valence-corrected chi connectivity index (χ1v) is 9.49. The first-order valence-electron chi connectivity index (χ1n) is 9.11. The van der Waals surface area contributed by atoms with Crippen LogP contribution in [0.15, 0.2) is 36.4 Å². The lowest BCUT2D eigenvalue weighted by atomic mass is 10.1. The molecule has 0 aliphatic carbocycles. The van der Waals surface area contributed by atoms with Crippen LogP contribution in [-0.2, 0) is 6.54 Å². The van der Waals surface area contributed by atoms with Gasteiger partial charge in [0, 0.05) is 17.7 Å². The maximum Gasteiger partial charge on any atom is 0.179 e. The molecule has 0 unspecified atom stereocenters. The van der Waals surface area contributed by atoms with Gasteiger partial charge in [-0.2, -0.15) is 0 Å². The molecule has 2 heterocycles. The summed E-state index contributed by atoms with van der Waals surface area (Å²) in [6, 6.07) is 10.8. The van der Waals surface area contributed by atoms with Crippen molar-refractivity contribution in [2.24, 2.45) is 0 Å². The number of anilines is 1. The SMILES string of the molecule is Fc1ccc(N2CC[NH+](Cc3cc(Cl)c4c(c3)OCCCO4)CC2)cc1. The Morgan fingerprint density at radius 2 is 1.77 bits per heavy atom. The van der Waals surface area contributed by atoms with Crippen LogP contribution in [0.25, 0.3) is 0 Å². The highest BCUT2D eigenvalue weighted by atomic mass is 35.5. The van der Waals surface area contributed by atoms with E-state index in [0.29, 0.717) is 24.0 Å². The third-order valence-corrected chi connectivity index (χ3v) is 5.26. The molecule has 4 nitrogen and oxygen atoms in total. The summed E-state index contributed by atoms with van der Waals surface area (Å²) in [5, 5.41) is 0.628. The second-order valence-corrected chi connectivity index (χ2v) is 7.25. The van der Waals surface area contributed by atoms with Gasteiger partial charge in [-0.25, -0.2) is 4.39 Å². The van der Waals surface area contributed by atoms with Crippen LogP contribution in [0.1, 0.15) is 12.0 Å². The summed E-state index contributed by atoms with van der Waals surface area (Å²) >= 11 is 6.40. The van der Waals surface area contributed by atoms with E-state index in [-0.39, 0.29) is 5.82 Å². The number of halogens is 2. The first kappa shape index (κ1) is 17.4. The lowest BCUT2D eigenvalue weighted by Crippen LogP contribution is -3.13. The summed E-state index contributed by atoms with van der Waals surface area (Å²) < 4.78 is 24.6. The summed E-state index contributed by atoms with van der Waals surface area (Å²) in [5.74, 6) is 1.24. The van der Waals surface area contributed by atoms with Gasteiger partial charge < -0.3 is 19.3 Å². The van der Waals surface area contributed by atoms with Crippen molar-refractivity contribution in [3.63, 3.8) is 0 Å².